The van der Waals surface area contributed by atoms with Crippen LogP contribution in [0.15, 0.2) is 45.9 Å². The molecule has 1 aliphatic rings. The molecule has 0 saturated carbocycles. The first kappa shape index (κ1) is 23.3. The van der Waals surface area contributed by atoms with Crippen molar-refractivity contribution in [3.8, 4) is 0 Å². The molecule has 0 amide bonds. The lowest BCUT2D eigenvalue weighted by Crippen LogP contribution is -2.51. The van der Waals surface area contributed by atoms with Crippen molar-refractivity contribution in [2.75, 3.05) is 12.3 Å². The summed E-state index contributed by atoms with van der Waals surface area (Å²) in [6.07, 6.45) is -2.26. The van der Waals surface area contributed by atoms with Gasteiger partial charge in [-0.05, 0) is 25.1 Å². The van der Waals surface area contributed by atoms with E-state index in [4.69, 9.17) is 0 Å². The first-order valence-electron chi connectivity index (χ1n) is 7.89. The summed E-state index contributed by atoms with van der Waals surface area (Å²) in [7, 11) is -7.81. The van der Waals surface area contributed by atoms with Crippen LogP contribution in [0.1, 0.15) is 12.5 Å². The molecule has 0 radical (unpaired) electrons. The van der Waals surface area contributed by atoms with Crippen LogP contribution in [0.3, 0.4) is 0 Å². The van der Waals surface area contributed by atoms with Crippen LogP contribution in [0.4, 0.5) is 26.3 Å². The summed E-state index contributed by atoms with van der Waals surface area (Å²) in [4.78, 5) is 13.1. The molecular formula is C15H15F6N2O4S2+. The smallest absolute Gasteiger partial charge is 0.327 e. The van der Waals surface area contributed by atoms with Gasteiger partial charge in [0.2, 0.25) is 0 Å². The third kappa shape index (κ3) is 4.80. The minimum atomic E-state index is -5.14. The first-order valence-corrected chi connectivity index (χ1v) is 10.7. The molecule has 1 aromatic heterocycles. The fourth-order valence-corrected chi connectivity index (χ4v) is 4.81. The van der Waals surface area contributed by atoms with Crippen LogP contribution in [-0.4, -0.2) is 45.5 Å². The molecule has 0 aliphatic carbocycles. The maximum atomic E-state index is 13.1. The lowest BCUT2D eigenvalue weighted by Gasteiger charge is -2.34. The SMILES string of the molecule is CCS(=O)(=O)[N+]1(Cc2cc(S(=O)C(F)(F)F)c[nH]c2=O)C=C(C(F)(F)F)C=CC1. The van der Waals surface area contributed by atoms with Gasteiger partial charge >= 0.3 is 21.7 Å². The molecule has 2 heterocycles. The fraction of sp³-hybridized carbons (Fsp3) is 0.400. The largest absolute Gasteiger partial charge is 0.475 e. The average Bonchev–Trinajstić information content (AvgIpc) is 2.61. The summed E-state index contributed by atoms with van der Waals surface area (Å²) >= 11 is 0. The van der Waals surface area contributed by atoms with Crippen molar-refractivity contribution in [1.29, 1.82) is 0 Å². The lowest BCUT2D eigenvalue weighted by molar-refractivity contribution is -0.761. The number of alkyl halides is 6. The van der Waals surface area contributed by atoms with Crippen LogP contribution in [0.5, 0.6) is 0 Å². The van der Waals surface area contributed by atoms with Gasteiger partial charge in [0.15, 0.2) is 10.8 Å². The fourth-order valence-electron chi connectivity index (χ4n) is 2.69. The lowest BCUT2D eigenvalue weighted by atomic mass is 10.1. The van der Waals surface area contributed by atoms with Gasteiger partial charge in [0.25, 0.3) is 5.56 Å². The van der Waals surface area contributed by atoms with Crippen molar-refractivity contribution >= 4 is 20.8 Å². The van der Waals surface area contributed by atoms with E-state index < -0.39 is 76.8 Å². The molecule has 0 saturated heterocycles. The molecule has 14 heteroatoms. The van der Waals surface area contributed by atoms with Crippen LogP contribution in [0.2, 0.25) is 0 Å². The summed E-state index contributed by atoms with van der Waals surface area (Å²) < 4.78 is 113. The summed E-state index contributed by atoms with van der Waals surface area (Å²) in [6, 6.07) is 0.590. The number of nitrogens with one attached hydrogen (secondary N) is 1. The van der Waals surface area contributed by atoms with E-state index in [1.165, 1.54) is 6.92 Å². The zero-order valence-corrected chi connectivity index (χ0v) is 16.3. The van der Waals surface area contributed by atoms with Crippen LogP contribution in [0.25, 0.3) is 0 Å². The van der Waals surface area contributed by atoms with E-state index in [1.807, 2.05) is 4.98 Å². The van der Waals surface area contributed by atoms with Crippen molar-refractivity contribution in [3.63, 3.8) is 0 Å². The van der Waals surface area contributed by atoms with E-state index in [2.05, 4.69) is 0 Å². The Balaban J connectivity index is 2.64. The number of H-pyrrole nitrogens is 1. The number of hydrogen-bond donors (Lipinski definition) is 1. The first-order chi connectivity index (χ1) is 13.1. The Morgan fingerprint density at radius 2 is 1.83 bits per heavy atom. The standard InChI is InChI=1S/C15H14F6N2O4S2/c1-2-29(26,27)23(5-3-4-11(9-23)14(16,17)18)8-10-6-12(7-22-13(10)24)28(25)15(19,20)21/h3-4,6-7,9H,2,5,8H2,1H3/p+1. The molecule has 0 bridgehead atoms. The predicted octanol–water partition coefficient (Wildman–Crippen LogP) is 2.68. The number of allylic oxidation sites excluding steroid dienone is 2. The Morgan fingerprint density at radius 3 is 2.34 bits per heavy atom. The van der Waals surface area contributed by atoms with E-state index in [9.17, 15) is 43.8 Å². The Morgan fingerprint density at radius 1 is 1.21 bits per heavy atom. The minimum absolute atomic E-state index is 0.422. The molecule has 1 aromatic rings. The topological polar surface area (TPSA) is 84.1 Å². The Kier molecular flexibility index (Phi) is 6.22. The van der Waals surface area contributed by atoms with Gasteiger partial charge in [-0.3, -0.25) is 4.79 Å². The maximum Gasteiger partial charge on any atom is 0.475 e. The zero-order valence-electron chi connectivity index (χ0n) is 14.7. The van der Waals surface area contributed by atoms with Crippen LogP contribution >= 0.6 is 0 Å². The number of aromatic nitrogens is 1. The maximum absolute atomic E-state index is 13.1. The van der Waals surface area contributed by atoms with E-state index in [0.29, 0.717) is 24.5 Å². The van der Waals surface area contributed by atoms with Crippen LogP contribution < -0.4 is 5.56 Å². The van der Waals surface area contributed by atoms with Crippen molar-refractivity contribution in [1.82, 2.24) is 4.98 Å². The Bertz CT molecular complexity index is 1040. The zero-order chi connectivity index (χ0) is 22.3. The molecule has 0 fully saturated rings. The second kappa shape index (κ2) is 7.72. The predicted molar refractivity (Wildman–Crippen MR) is 91.1 cm³/mol. The van der Waals surface area contributed by atoms with E-state index >= 15 is 0 Å². The molecule has 29 heavy (non-hydrogen) atoms. The number of pyridine rings is 1. The van der Waals surface area contributed by atoms with E-state index in [-0.39, 0.29) is 0 Å². The molecule has 162 valence electrons. The monoisotopic (exact) mass is 465 g/mol. The van der Waals surface area contributed by atoms with Gasteiger partial charge in [-0.2, -0.15) is 38.6 Å². The Labute approximate surface area is 163 Å². The minimum Gasteiger partial charge on any atom is -0.327 e. The van der Waals surface area contributed by atoms with Gasteiger partial charge in [-0.1, -0.05) is 0 Å². The molecule has 2 atom stereocenters. The highest BCUT2D eigenvalue weighted by Crippen LogP contribution is 2.35. The summed E-state index contributed by atoms with van der Waals surface area (Å²) in [5.41, 5.74) is -7.97. The summed E-state index contributed by atoms with van der Waals surface area (Å²) in [6.45, 7) is -0.159. The van der Waals surface area contributed by atoms with Gasteiger partial charge < -0.3 is 4.98 Å². The van der Waals surface area contributed by atoms with Gasteiger partial charge in [0.05, 0.1) is 16.2 Å². The third-order valence-corrected chi connectivity index (χ3v) is 7.45. The number of aromatic amines is 1. The second-order valence-corrected chi connectivity index (χ2v) is 9.99. The highest BCUT2D eigenvalue weighted by atomic mass is 32.2. The van der Waals surface area contributed by atoms with Crippen molar-refractivity contribution in [2.45, 2.75) is 30.0 Å². The molecule has 1 aliphatic heterocycles. The molecule has 0 spiro atoms. The molecule has 6 nitrogen and oxygen atoms in total. The Hall–Kier alpha value is -1.93. The van der Waals surface area contributed by atoms with Crippen LogP contribution in [0, 0.1) is 0 Å². The van der Waals surface area contributed by atoms with Gasteiger partial charge in [0.1, 0.15) is 24.9 Å². The van der Waals surface area contributed by atoms with Crippen LogP contribution in [-0.2, 0) is 27.4 Å². The van der Waals surface area contributed by atoms with E-state index in [1.54, 1.807) is 0 Å². The number of quaternary nitrogens is 1. The average molecular weight is 465 g/mol. The number of rotatable bonds is 5. The van der Waals surface area contributed by atoms with Gasteiger partial charge in [0, 0.05) is 6.20 Å². The molecule has 0 aromatic carbocycles. The number of sulfonamides is 1. The number of halogens is 6. The quantitative estimate of drug-likeness (QED) is 0.536. The van der Waals surface area contributed by atoms with Crippen molar-refractivity contribution in [3.05, 3.63) is 52.1 Å². The van der Waals surface area contributed by atoms with Crippen molar-refractivity contribution < 1.29 is 42.9 Å². The number of hydrogen-bond acceptors (Lipinski definition) is 4. The van der Waals surface area contributed by atoms with Gasteiger partial charge in [-0.15, -0.1) is 0 Å². The molecule has 2 rings (SSSR count). The summed E-state index contributed by atoms with van der Waals surface area (Å²) in [5.74, 6) is -0.589. The number of nitrogens with zero attached hydrogens (tertiary/aromatic N) is 1. The molecular weight excluding hydrogens is 450 g/mol. The second-order valence-electron chi connectivity index (χ2n) is 6.05. The highest BCUT2D eigenvalue weighted by molar-refractivity contribution is 7.86. The van der Waals surface area contributed by atoms with Gasteiger partial charge in [-0.25, -0.2) is 4.21 Å². The van der Waals surface area contributed by atoms with E-state index in [0.717, 1.165) is 6.08 Å². The summed E-state index contributed by atoms with van der Waals surface area (Å²) in [5, 5.41) is 0. The molecule has 2 unspecified atom stereocenters. The third-order valence-electron chi connectivity index (χ3n) is 4.15. The normalized spacial score (nSPS) is 21.7. The highest BCUT2D eigenvalue weighted by Gasteiger charge is 2.46. The van der Waals surface area contributed by atoms with Crippen molar-refractivity contribution in [2.24, 2.45) is 0 Å². The molecule has 1 N–H and O–H groups in total.